The zero-order valence-corrected chi connectivity index (χ0v) is 11.7. The third kappa shape index (κ3) is 3.43. The molecule has 1 aromatic rings. The van der Waals surface area contributed by atoms with Crippen LogP contribution in [0.15, 0.2) is 18.3 Å². The summed E-state index contributed by atoms with van der Waals surface area (Å²) in [4.78, 5) is 9.35. The van der Waals surface area contributed by atoms with Crippen molar-refractivity contribution in [1.29, 1.82) is 0 Å². The van der Waals surface area contributed by atoms with E-state index >= 15 is 0 Å². The summed E-state index contributed by atoms with van der Waals surface area (Å²) in [5, 5.41) is 3.22. The van der Waals surface area contributed by atoms with Crippen LogP contribution in [0.4, 0.5) is 5.82 Å². The molecule has 1 unspecified atom stereocenters. The summed E-state index contributed by atoms with van der Waals surface area (Å²) in [6.45, 7) is 9.76. The molecule has 1 aromatic heterocycles. The molecule has 1 saturated heterocycles. The molecular formula is C14H24N4. The summed E-state index contributed by atoms with van der Waals surface area (Å²) in [5.41, 5.74) is 1.30. The summed E-state index contributed by atoms with van der Waals surface area (Å²) >= 11 is 0. The Hall–Kier alpha value is -1.13. The van der Waals surface area contributed by atoms with E-state index in [2.05, 4.69) is 53.1 Å². The molecule has 1 fully saturated rings. The van der Waals surface area contributed by atoms with Crippen LogP contribution < -0.4 is 5.32 Å². The SMILES string of the molecule is CCNc1ccc(CN2CCN(C)C(C)C2)cn1. The van der Waals surface area contributed by atoms with Crippen LogP contribution in [0.5, 0.6) is 0 Å². The number of hydrogen-bond acceptors (Lipinski definition) is 4. The number of aromatic nitrogens is 1. The van der Waals surface area contributed by atoms with Crippen LogP contribution in [0, 0.1) is 0 Å². The fourth-order valence-corrected chi connectivity index (χ4v) is 2.33. The van der Waals surface area contributed by atoms with Gasteiger partial charge in [-0.2, -0.15) is 0 Å². The van der Waals surface area contributed by atoms with Crippen molar-refractivity contribution in [2.45, 2.75) is 26.4 Å². The smallest absolute Gasteiger partial charge is 0.125 e. The van der Waals surface area contributed by atoms with Gasteiger partial charge in [-0.3, -0.25) is 4.90 Å². The highest BCUT2D eigenvalue weighted by molar-refractivity contribution is 5.35. The Morgan fingerprint density at radius 2 is 2.22 bits per heavy atom. The van der Waals surface area contributed by atoms with E-state index in [1.54, 1.807) is 0 Å². The first-order valence-corrected chi connectivity index (χ1v) is 6.80. The van der Waals surface area contributed by atoms with Crippen LogP contribution in [0.2, 0.25) is 0 Å². The standard InChI is InChI=1S/C14H24N4/c1-4-15-14-6-5-13(9-16-14)11-18-8-7-17(3)12(2)10-18/h5-6,9,12H,4,7-8,10-11H2,1-3H3,(H,15,16). The Morgan fingerprint density at radius 1 is 1.39 bits per heavy atom. The molecule has 0 aliphatic carbocycles. The molecule has 0 spiro atoms. The Morgan fingerprint density at radius 3 is 2.83 bits per heavy atom. The lowest BCUT2D eigenvalue weighted by Crippen LogP contribution is -2.49. The van der Waals surface area contributed by atoms with Gasteiger partial charge in [-0.15, -0.1) is 0 Å². The Kier molecular flexibility index (Phi) is 4.55. The molecule has 1 N–H and O–H groups in total. The molecule has 1 aliphatic heterocycles. The van der Waals surface area contributed by atoms with Gasteiger partial charge in [0, 0.05) is 45.0 Å². The molecule has 4 nitrogen and oxygen atoms in total. The number of rotatable bonds is 4. The molecule has 2 heterocycles. The first-order chi connectivity index (χ1) is 8.69. The Labute approximate surface area is 110 Å². The third-order valence-electron chi connectivity index (χ3n) is 3.63. The van der Waals surface area contributed by atoms with Crippen LogP contribution in [0.25, 0.3) is 0 Å². The average molecular weight is 248 g/mol. The van der Waals surface area contributed by atoms with Crippen LogP contribution in [0.1, 0.15) is 19.4 Å². The van der Waals surface area contributed by atoms with Gasteiger partial charge in [-0.05, 0) is 32.5 Å². The lowest BCUT2D eigenvalue weighted by molar-refractivity contribution is 0.0999. The third-order valence-corrected chi connectivity index (χ3v) is 3.63. The van der Waals surface area contributed by atoms with Gasteiger partial charge in [0.1, 0.15) is 5.82 Å². The molecule has 0 amide bonds. The van der Waals surface area contributed by atoms with Crippen molar-refractivity contribution in [3.8, 4) is 0 Å². The monoisotopic (exact) mass is 248 g/mol. The topological polar surface area (TPSA) is 31.4 Å². The predicted octanol–water partition coefficient (Wildman–Crippen LogP) is 1.65. The minimum atomic E-state index is 0.646. The molecule has 4 heteroatoms. The summed E-state index contributed by atoms with van der Waals surface area (Å²) < 4.78 is 0. The lowest BCUT2D eigenvalue weighted by atomic mass is 10.2. The predicted molar refractivity (Wildman–Crippen MR) is 75.8 cm³/mol. The van der Waals surface area contributed by atoms with Gasteiger partial charge in [-0.1, -0.05) is 6.07 Å². The van der Waals surface area contributed by atoms with E-state index in [4.69, 9.17) is 0 Å². The summed E-state index contributed by atoms with van der Waals surface area (Å²) in [7, 11) is 2.20. The summed E-state index contributed by atoms with van der Waals surface area (Å²) in [6.07, 6.45) is 1.99. The lowest BCUT2D eigenvalue weighted by Gasteiger charge is -2.37. The number of likely N-dealkylation sites (N-methyl/N-ethyl adjacent to an activating group) is 1. The maximum absolute atomic E-state index is 4.42. The molecule has 0 saturated carbocycles. The molecule has 2 rings (SSSR count). The second-order valence-corrected chi connectivity index (χ2v) is 5.15. The molecule has 0 radical (unpaired) electrons. The average Bonchev–Trinajstić information content (AvgIpc) is 2.37. The van der Waals surface area contributed by atoms with E-state index < -0.39 is 0 Å². The highest BCUT2D eigenvalue weighted by atomic mass is 15.3. The van der Waals surface area contributed by atoms with Crippen molar-refractivity contribution >= 4 is 5.82 Å². The zero-order chi connectivity index (χ0) is 13.0. The number of nitrogens with zero attached hydrogens (tertiary/aromatic N) is 3. The van der Waals surface area contributed by atoms with E-state index in [1.165, 1.54) is 5.56 Å². The molecule has 1 aliphatic rings. The highest BCUT2D eigenvalue weighted by Crippen LogP contribution is 2.12. The Balaban J connectivity index is 1.89. The van der Waals surface area contributed by atoms with Crippen LogP contribution in [-0.2, 0) is 6.54 Å². The van der Waals surface area contributed by atoms with Gasteiger partial charge < -0.3 is 10.2 Å². The van der Waals surface area contributed by atoms with Gasteiger partial charge in [0.2, 0.25) is 0 Å². The normalized spacial score (nSPS) is 22.1. The number of pyridine rings is 1. The Bertz CT molecular complexity index is 363. The molecule has 0 aromatic carbocycles. The highest BCUT2D eigenvalue weighted by Gasteiger charge is 2.20. The molecule has 100 valence electrons. The van der Waals surface area contributed by atoms with Crippen molar-refractivity contribution in [1.82, 2.24) is 14.8 Å². The zero-order valence-electron chi connectivity index (χ0n) is 11.7. The van der Waals surface area contributed by atoms with Gasteiger partial charge in [0.15, 0.2) is 0 Å². The number of hydrogen-bond donors (Lipinski definition) is 1. The van der Waals surface area contributed by atoms with E-state index in [0.29, 0.717) is 6.04 Å². The van der Waals surface area contributed by atoms with E-state index in [1.807, 2.05) is 6.20 Å². The van der Waals surface area contributed by atoms with E-state index in [-0.39, 0.29) is 0 Å². The molecular weight excluding hydrogens is 224 g/mol. The van der Waals surface area contributed by atoms with E-state index in [9.17, 15) is 0 Å². The van der Waals surface area contributed by atoms with Crippen LogP contribution in [-0.4, -0.2) is 54.1 Å². The van der Waals surface area contributed by atoms with Gasteiger partial charge >= 0.3 is 0 Å². The first-order valence-electron chi connectivity index (χ1n) is 6.80. The van der Waals surface area contributed by atoms with Gasteiger partial charge in [0.05, 0.1) is 0 Å². The van der Waals surface area contributed by atoms with Crippen molar-refractivity contribution in [3.63, 3.8) is 0 Å². The van der Waals surface area contributed by atoms with Gasteiger partial charge in [0.25, 0.3) is 0 Å². The van der Waals surface area contributed by atoms with E-state index in [0.717, 1.165) is 38.5 Å². The maximum Gasteiger partial charge on any atom is 0.125 e. The van der Waals surface area contributed by atoms with Crippen molar-refractivity contribution in [3.05, 3.63) is 23.9 Å². The molecule has 0 bridgehead atoms. The van der Waals surface area contributed by atoms with Crippen molar-refractivity contribution in [2.75, 3.05) is 38.5 Å². The van der Waals surface area contributed by atoms with Crippen molar-refractivity contribution < 1.29 is 0 Å². The second kappa shape index (κ2) is 6.16. The summed E-state index contributed by atoms with van der Waals surface area (Å²) in [5.74, 6) is 0.966. The minimum Gasteiger partial charge on any atom is -0.370 e. The van der Waals surface area contributed by atoms with Gasteiger partial charge in [-0.25, -0.2) is 4.98 Å². The van der Waals surface area contributed by atoms with Crippen LogP contribution >= 0.6 is 0 Å². The number of anilines is 1. The summed E-state index contributed by atoms with van der Waals surface area (Å²) in [6, 6.07) is 4.89. The minimum absolute atomic E-state index is 0.646. The second-order valence-electron chi connectivity index (χ2n) is 5.15. The molecule has 18 heavy (non-hydrogen) atoms. The quantitative estimate of drug-likeness (QED) is 0.878. The maximum atomic E-state index is 4.42. The van der Waals surface area contributed by atoms with Crippen molar-refractivity contribution in [2.24, 2.45) is 0 Å². The molecule has 1 atom stereocenters. The fraction of sp³-hybridized carbons (Fsp3) is 0.643. The fourth-order valence-electron chi connectivity index (χ4n) is 2.33. The van der Waals surface area contributed by atoms with Crippen LogP contribution in [0.3, 0.4) is 0 Å². The number of nitrogens with one attached hydrogen (secondary N) is 1. The largest absolute Gasteiger partial charge is 0.370 e. The number of piperazine rings is 1. The first kappa shape index (κ1) is 13.3.